The van der Waals surface area contributed by atoms with Crippen LogP contribution in [0.15, 0.2) is 65.0 Å². The van der Waals surface area contributed by atoms with Crippen molar-refractivity contribution in [1.82, 2.24) is 20.0 Å². The van der Waals surface area contributed by atoms with Crippen LogP contribution in [-0.4, -0.2) is 96.8 Å². The number of likely N-dealkylation sites (N-methyl/N-ethyl adjacent to an activating group) is 1. The number of rotatable bonds is 9. The van der Waals surface area contributed by atoms with E-state index in [4.69, 9.17) is 9.73 Å². The van der Waals surface area contributed by atoms with Gasteiger partial charge in [-0.25, -0.2) is 9.79 Å². The number of nitrogens with one attached hydrogen (secondary N) is 2. The summed E-state index contributed by atoms with van der Waals surface area (Å²) in [4.78, 5) is 50.6. The second kappa shape index (κ2) is 15.7. The molecule has 0 saturated carbocycles. The number of nitrogens with zero attached hydrogens (tertiary/aromatic N) is 4. The van der Waals surface area contributed by atoms with E-state index in [9.17, 15) is 14.4 Å². The fourth-order valence-corrected chi connectivity index (χ4v) is 5.39. The molecule has 3 rings (SSSR count). The Hall–Kier alpha value is -4.02. The molecule has 0 atom stereocenters. The van der Waals surface area contributed by atoms with Crippen LogP contribution in [0.2, 0.25) is 0 Å². The number of aliphatic imine (C=N–C) groups is 1. The minimum atomic E-state index is -1.06. The minimum Gasteiger partial charge on any atom is -0.379 e. The molecule has 10 heteroatoms. The molecule has 4 amide bonds. The number of ether oxygens (including phenoxy) is 1. The standard InChI is InChI=1S/C37H54N6O4/c1-12-29(15-13-25(2)24-42-19-21-47-22-20-42)31-23-30(16-14-26(31)3)40-35(46)38-27(4)32(39-28(5)36(6,7)8)33(44)43-18-17-41(11)34(45)37(43,9)10/h12-16,23H,1,17-22,24H2,2-11H3,(H2,38,40,46)/b25-13+,29-15+,32-27+,39-28?. The van der Waals surface area contributed by atoms with Crippen molar-refractivity contribution in [1.29, 1.82) is 0 Å². The highest BCUT2D eigenvalue weighted by molar-refractivity contribution is 6.03. The highest BCUT2D eigenvalue weighted by atomic mass is 16.5. The Morgan fingerprint density at radius 1 is 1.06 bits per heavy atom. The number of anilines is 1. The zero-order valence-electron chi connectivity index (χ0n) is 30.0. The maximum atomic E-state index is 14.0. The fourth-order valence-electron chi connectivity index (χ4n) is 5.39. The van der Waals surface area contributed by atoms with E-state index in [1.807, 2.05) is 58.9 Å². The van der Waals surface area contributed by atoms with Gasteiger partial charge in [-0.1, -0.05) is 57.2 Å². The SMILES string of the molecule is C=C/C(=C\C=C(/C)CN1CCOCC1)c1cc(NC(=O)N/C(C)=C(/N=C(C)C(C)(C)C)C(=O)N2CCN(C)C(=O)C2(C)C)ccc1C. The topological polar surface area (TPSA) is 107 Å². The van der Waals surface area contributed by atoms with Crippen LogP contribution in [0.1, 0.15) is 66.5 Å². The van der Waals surface area contributed by atoms with Crippen molar-refractivity contribution in [3.63, 3.8) is 0 Å². The van der Waals surface area contributed by atoms with Gasteiger partial charge in [-0.2, -0.15) is 0 Å². The zero-order valence-corrected chi connectivity index (χ0v) is 30.0. The lowest BCUT2D eigenvalue weighted by Gasteiger charge is -2.44. The molecule has 1 aromatic carbocycles. The van der Waals surface area contributed by atoms with Crippen LogP contribution >= 0.6 is 0 Å². The minimum absolute atomic E-state index is 0.0960. The predicted octanol–water partition coefficient (Wildman–Crippen LogP) is 5.78. The molecule has 1 aromatic rings. The van der Waals surface area contributed by atoms with Crippen molar-refractivity contribution >= 4 is 34.8 Å². The highest BCUT2D eigenvalue weighted by Crippen LogP contribution is 2.27. The second-order valence-electron chi connectivity index (χ2n) is 14.0. The van der Waals surface area contributed by atoms with E-state index >= 15 is 0 Å². The number of hydrogen-bond acceptors (Lipinski definition) is 6. The van der Waals surface area contributed by atoms with E-state index in [-0.39, 0.29) is 22.7 Å². The molecule has 256 valence electrons. The summed E-state index contributed by atoms with van der Waals surface area (Å²) >= 11 is 0. The maximum absolute atomic E-state index is 14.0. The molecule has 2 fully saturated rings. The average molecular weight is 647 g/mol. The van der Waals surface area contributed by atoms with Gasteiger partial charge >= 0.3 is 6.03 Å². The van der Waals surface area contributed by atoms with Gasteiger partial charge in [-0.3, -0.25) is 14.5 Å². The average Bonchev–Trinajstić information content (AvgIpc) is 3.00. The molecule has 2 aliphatic rings. The molecule has 2 saturated heterocycles. The van der Waals surface area contributed by atoms with Gasteiger partial charge in [0.1, 0.15) is 11.2 Å². The van der Waals surface area contributed by atoms with Crippen molar-refractivity contribution in [2.24, 2.45) is 10.4 Å². The van der Waals surface area contributed by atoms with Gasteiger partial charge in [0.15, 0.2) is 0 Å². The molecule has 2 N–H and O–H groups in total. The highest BCUT2D eigenvalue weighted by Gasteiger charge is 2.44. The summed E-state index contributed by atoms with van der Waals surface area (Å²) in [6.45, 7) is 26.2. The number of morpholine rings is 1. The molecule has 0 aliphatic carbocycles. The lowest BCUT2D eigenvalue weighted by Crippen LogP contribution is -2.63. The smallest absolute Gasteiger partial charge is 0.323 e. The number of piperazine rings is 1. The summed E-state index contributed by atoms with van der Waals surface area (Å²) in [5, 5.41) is 5.74. The lowest BCUT2D eigenvalue weighted by molar-refractivity contribution is -0.155. The number of urea groups is 1. The molecule has 47 heavy (non-hydrogen) atoms. The third-order valence-corrected chi connectivity index (χ3v) is 8.82. The molecule has 0 spiro atoms. The third-order valence-electron chi connectivity index (χ3n) is 8.82. The molecule has 2 heterocycles. The van der Waals surface area contributed by atoms with E-state index in [2.05, 4.69) is 41.2 Å². The summed E-state index contributed by atoms with van der Waals surface area (Å²) < 4.78 is 5.46. The third kappa shape index (κ3) is 9.74. The predicted molar refractivity (Wildman–Crippen MR) is 191 cm³/mol. The summed E-state index contributed by atoms with van der Waals surface area (Å²) in [6, 6.07) is 5.20. The van der Waals surface area contributed by atoms with E-state index in [0.717, 1.165) is 55.3 Å². The van der Waals surface area contributed by atoms with Crippen molar-refractivity contribution in [2.45, 2.75) is 67.9 Å². The molecular formula is C37H54N6O4. The first kappa shape index (κ1) is 37.4. The molecule has 2 aliphatic heterocycles. The van der Waals surface area contributed by atoms with Gasteiger partial charge in [0.2, 0.25) is 5.91 Å². The lowest BCUT2D eigenvalue weighted by atomic mass is 9.91. The molecule has 0 bridgehead atoms. The van der Waals surface area contributed by atoms with E-state index in [0.29, 0.717) is 18.8 Å². The molecule has 0 aromatic heterocycles. The van der Waals surface area contributed by atoms with E-state index in [1.165, 1.54) is 5.57 Å². The summed E-state index contributed by atoms with van der Waals surface area (Å²) in [5.41, 5.74) is 4.49. The Labute approximate surface area is 281 Å². The summed E-state index contributed by atoms with van der Waals surface area (Å²) in [7, 11) is 1.73. The molecule has 0 unspecified atom stereocenters. The number of carbonyl (C=O) groups excluding carboxylic acids is 3. The van der Waals surface area contributed by atoms with Gasteiger partial charge in [-0.05, 0) is 75.8 Å². The number of aryl methyl sites for hydroxylation is 1. The van der Waals surface area contributed by atoms with Crippen LogP contribution in [-0.2, 0) is 14.3 Å². The number of hydrogen-bond donors (Lipinski definition) is 2. The molecule has 10 nitrogen and oxygen atoms in total. The van der Waals surface area contributed by atoms with E-state index in [1.54, 1.807) is 37.6 Å². The van der Waals surface area contributed by atoms with Crippen molar-refractivity contribution in [3.8, 4) is 0 Å². The fraction of sp³-hybridized carbons (Fsp3) is 0.514. The number of allylic oxidation sites excluding steroid dienone is 5. The second-order valence-corrected chi connectivity index (χ2v) is 14.0. The Bertz CT molecular complexity index is 1490. The van der Waals surface area contributed by atoms with Gasteiger partial charge in [0, 0.05) is 56.9 Å². The van der Waals surface area contributed by atoms with Crippen molar-refractivity contribution in [3.05, 3.63) is 71.1 Å². The maximum Gasteiger partial charge on any atom is 0.323 e. The van der Waals surface area contributed by atoms with Crippen LogP contribution in [0.4, 0.5) is 10.5 Å². The molecular weight excluding hydrogens is 592 g/mol. The van der Waals surface area contributed by atoms with E-state index < -0.39 is 17.5 Å². The van der Waals surface area contributed by atoms with Crippen molar-refractivity contribution in [2.75, 3.05) is 58.3 Å². The molecule has 0 radical (unpaired) electrons. The Kier molecular flexibility index (Phi) is 12.5. The number of amides is 4. The Morgan fingerprint density at radius 2 is 1.72 bits per heavy atom. The van der Waals surface area contributed by atoms with Gasteiger partial charge in [-0.15, -0.1) is 0 Å². The van der Waals surface area contributed by atoms with Crippen LogP contribution < -0.4 is 10.6 Å². The number of carbonyl (C=O) groups is 3. The van der Waals surface area contributed by atoms with Crippen molar-refractivity contribution < 1.29 is 19.1 Å². The normalized spacial score (nSPS) is 18.9. The first-order valence-corrected chi connectivity index (χ1v) is 16.3. The van der Waals surface area contributed by atoms with Crippen LogP contribution in [0.5, 0.6) is 0 Å². The summed E-state index contributed by atoms with van der Waals surface area (Å²) in [5.74, 6) is -0.560. The van der Waals surface area contributed by atoms with Gasteiger partial charge in [0.05, 0.1) is 13.2 Å². The summed E-state index contributed by atoms with van der Waals surface area (Å²) in [6.07, 6.45) is 5.98. The quantitative estimate of drug-likeness (QED) is 0.201. The van der Waals surface area contributed by atoms with Crippen LogP contribution in [0.3, 0.4) is 0 Å². The van der Waals surface area contributed by atoms with Crippen LogP contribution in [0, 0.1) is 12.3 Å². The first-order valence-electron chi connectivity index (χ1n) is 16.3. The van der Waals surface area contributed by atoms with Crippen LogP contribution in [0.25, 0.3) is 5.57 Å². The first-order chi connectivity index (χ1) is 21.9. The zero-order chi connectivity index (χ0) is 35.1. The number of benzene rings is 1. The Morgan fingerprint density at radius 3 is 2.34 bits per heavy atom. The monoisotopic (exact) mass is 646 g/mol. The van der Waals surface area contributed by atoms with Gasteiger partial charge in [0.25, 0.3) is 5.91 Å². The van der Waals surface area contributed by atoms with Gasteiger partial charge < -0.3 is 25.2 Å². The largest absolute Gasteiger partial charge is 0.379 e. The Balaban J connectivity index is 1.86.